The molecule has 2 fully saturated rings. The van der Waals surface area contributed by atoms with E-state index in [1.54, 1.807) is 0 Å². The predicted octanol–water partition coefficient (Wildman–Crippen LogP) is 1.26. The van der Waals surface area contributed by atoms with E-state index in [2.05, 4.69) is 25.2 Å². The first kappa shape index (κ1) is 14.9. The molecule has 0 amide bonds. The van der Waals surface area contributed by atoms with Gasteiger partial charge in [0, 0.05) is 16.7 Å². The Kier molecular flexibility index (Phi) is 3.16. The van der Waals surface area contributed by atoms with Crippen molar-refractivity contribution < 1.29 is 20.1 Å². The summed E-state index contributed by atoms with van der Waals surface area (Å²) in [5.74, 6) is 0.742. The fourth-order valence-corrected chi connectivity index (χ4v) is 5.42. The Morgan fingerprint density at radius 2 is 1.82 bits per heavy atom. The zero-order chi connectivity index (χ0) is 15.7. The first-order valence-corrected chi connectivity index (χ1v) is 8.40. The summed E-state index contributed by atoms with van der Waals surface area (Å²) in [6.45, 7) is 4.74. The molecule has 1 saturated heterocycles. The van der Waals surface area contributed by atoms with Gasteiger partial charge < -0.3 is 20.1 Å². The Hall–Kier alpha value is -0.680. The molecule has 1 heterocycles. The third kappa shape index (κ3) is 1.78. The number of allylic oxidation sites excluding steroid dienone is 1. The molecule has 1 aliphatic heterocycles. The minimum atomic E-state index is -0.707. The van der Waals surface area contributed by atoms with Crippen molar-refractivity contribution in [3.63, 3.8) is 0 Å². The highest BCUT2D eigenvalue weighted by Gasteiger charge is 2.61. The number of aliphatic hydroxyl groups excluding tert-OH is 3. The zero-order valence-electron chi connectivity index (χ0n) is 13.2. The van der Waals surface area contributed by atoms with Gasteiger partial charge in [-0.05, 0) is 24.7 Å². The van der Waals surface area contributed by atoms with Crippen molar-refractivity contribution >= 4 is 0 Å². The molecular formula is C18H26O4. The van der Waals surface area contributed by atoms with Crippen molar-refractivity contribution in [2.24, 2.45) is 28.6 Å². The van der Waals surface area contributed by atoms with E-state index in [9.17, 15) is 15.3 Å². The van der Waals surface area contributed by atoms with Crippen LogP contribution in [0, 0.1) is 28.6 Å². The van der Waals surface area contributed by atoms with E-state index >= 15 is 0 Å². The van der Waals surface area contributed by atoms with Gasteiger partial charge in [-0.1, -0.05) is 38.2 Å². The number of aliphatic hydroxyl groups is 3. The maximum absolute atomic E-state index is 10.4. The minimum absolute atomic E-state index is 0.0572. The predicted molar refractivity (Wildman–Crippen MR) is 82.0 cm³/mol. The molecular weight excluding hydrogens is 280 g/mol. The molecule has 4 heteroatoms. The topological polar surface area (TPSA) is 69.9 Å². The molecule has 4 aliphatic rings. The van der Waals surface area contributed by atoms with Crippen LogP contribution in [0.1, 0.15) is 26.7 Å². The van der Waals surface area contributed by atoms with Crippen LogP contribution in [-0.4, -0.2) is 46.3 Å². The smallest absolute Gasteiger partial charge is 0.0877 e. The summed E-state index contributed by atoms with van der Waals surface area (Å²) >= 11 is 0. The Morgan fingerprint density at radius 3 is 2.59 bits per heavy atom. The molecule has 0 spiro atoms. The maximum Gasteiger partial charge on any atom is 0.0877 e. The lowest BCUT2D eigenvalue weighted by atomic mass is 9.56. The standard InChI is InChI=1S/C18H26O4/c1-17-6-5-11(19)7-10(17)3-4-12-13-8-14(20)15(21)18(13,2)9-22-16(12)17/h3-6,10-16,19-21H,7-9H2,1-2H3/t10?,11?,12-,13-,14?,15?,16+,17-,18-/m0/s1. The third-order valence-electron chi connectivity index (χ3n) is 6.92. The van der Waals surface area contributed by atoms with Crippen LogP contribution in [-0.2, 0) is 4.74 Å². The lowest BCUT2D eigenvalue weighted by Gasteiger charge is -2.55. The summed E-state index contributed by atoms with van der Waals surface area (Å²) in [4.78, 5) is 0. The Balaban J connectivity index is 1.71. The summed E-state index contributed by atoms with van der Waals surface area (Å²) in [6.07, 6.45) is 8.16. The van der Waals surface area contributed by atoms with Crippen molar-refractivity contribution in [1.82, 2.24) is 0 Å². The van der Waals surface area contributed by atoms with Gasteiger partial charge in [0.1, 0.15) is 0 Å². The van der Waals surface area contributed by atoms with Crippen molar-refractivity contribution in [3.8, 4) is 0 Å². The van der Waals surface area contributed by atoms with E-state index in [0.717, 1.165) is 6.42 Å². The first-order valence-electron chi connectivity index (χ1n) is 8.40. The van der Waals surface area contributed by atoms with Gasteiger partial charge in [0.25, 0.3) is 0 Å². The number of rotatable bonds is 0. The maximum atomic E-state index is 10.4. The SMILES string of the molecule is C[C@]12C=CC(O)CC1C=C[C@@H]1[C@H]2OC[C@]2(C)C(O)C(O)C[C@@H]12. The van der Waals surface area contributed by atoms with Crippen LogP contribution >= 0.6 is 0 Å². The second kappa shape index (κ2) is 4.67. The van der Waals surface area contributed by atoms with E-state index in [4.69, 9.17) is 4.74 Å². The molecule has 3 aliphatic carbocycles. The quantitative estimate of drug-likeness (QED) is 0.589. The molecule has 4 rings (SSSR count). The molecule has 9 atom stereocenters. The lowest BCUT2D eigenvalue weighted by molar-refractivity contribution is -0.181. The number of ether oxygens (including phenoxy) is 1. The fourth-order valence-electron chi connectivity index (χ4n) is 5.42. The Morgan fingerprint density at radius 1 is 1.05 bits per heavy atom. The molecule has 0 aromatic carbocycles. The van der Waals surface area contributed by atoms with Gasteiger partial charge in [-0.2, -0.15) is 0 Å². The van der Waals surface area contributed by atoms with Crippen molar-refractivity contribution in [2.75, 3.05) is 6.61 Å². The fraction of sp³-hybridized carbons (Fsp3) is 0.778. The Bertz CT molecular complexity index is 529. The van der Waals surface area contributed by atoms with Gasteiger partial charge in [0.15, 0.2) is 0 Å². The van der Waals surface area contributed by atoms with Crippen LogP contribution < -0.4 is 0 Å². The van der Waals surface area contributed by atoms with Crippen molar-refractivity contribution in [2.45, 2.75) is 51.1 Å². The van der Waals surface area contributed by atoms with Gasteiger partial charge in [0.05, 0.1) is 31.0 Å². The summed E-state index contributed by atoms with van der Waals surface area (Å²) < 4.78 is 6.27. The molecule has 0 radical (unpaired) electrons. The molecule has 0 aromatic rings. The molecule has 22 heavy (non-hydrogen) atoms. The average Bonchev–Trinajstić information content (AvgIpc) is 2.72. The molecule has 3 N–H and O–H groups in total. The van der Waals surface area contributed by atoms with E-state index in [1.807, 2.05) is 13.0 Å². The summed E-state index contributed by atoms with van der Waals surface area (Å²) in [6, 6.07) is 0. The van der Waals surface area contributed by atoms with Crippen LogP contribution in [0.5, 0.6) is 0 Å². The van der Waals surface area contributed by atoms with Crippen LogP contribution in [0.15, 0.2) is 24.3 Å². The number of fused-ring (bicyclic) bond motifs is 5. The van der Waals surface area contributed by atoms with Crippen LogP contribution in [0.25, 0.3) is 0 Å². The lowest BCUT2D eigenvalue weighted by Crippen LogP contribution is -2.57. The average molecular weight is 306 g/mol. The molecule has 0 aromatic heterocycles. The van der Waals surface area contributed by atoms with E-state index in [0.29, 0.717) is 13.0 Å². The monoisotopic (exact) mass is 306 g/mol. The van der Waals surface area contributed by atoms with Crippen LogP contribution in [0.2, 0.25) is 0 Å². The number of hydrogen-bond donors (Lipinski definition) is 3. The van der Waals surface area contributed by atoms with Gasteiger partial charge in [0.2, 0.25) is 0 Å². The number of hydrogen-bond acceptors (Lipinski definition) is 4. The van der Waals surface area contributed by atoms with Gasteiger partial charge in [-0.15, -0.1) is 0 Å². The van der Waals surface area contributed by atoms with E-state index in [-0.39, 0.29) is 40.8 Å². The third-order valence-corrected chi connectivity index (χ3v) is 6.92. The second-order valence-electron chi connectivity index (χ2n) is 8.19. The van der Waals surface area contributed by atoms with E-state index < -0.39 is 12.2 Å². The highest BCUT2D eigenvalue weighted by molar-refractivity contribution is 5.25. The molecule has 1 saturated carbocycles. The van der Waals surface area contributed by atoms with E-state index in [1.165, 1.54) is 0 Å². The minimum Gasteiger partial charge on any atom is -0.390 e. The molecule has 0 bridgehead atoms. The summed E-state index contributed by atoms with van der Waals surface area (Å²) in [7, 11) is 0. The largest absolute Gasteiger partial charge is 0.390 e. The molecule has 4 nitrogen and oxygen atoms in total. The zero-order valence-corrected chi connectivity index (χ0v) is 13.2. The first-order chi connectivity index (χ1) is 10.4. The molecule has 122 valence electrons. The second-order valence-corrected chi connectivity index (χ2v) is 8.19. The van der Waals surface area contributed by atoms with Crippen LogP contribution in [0.4, 0.5) is 0 Å². The van der Waals surface area contributed by atoms with Crippen molar-refractivity contribution in [1.29, 1.82) is 0 Å². The highest BCUT2D eigenvalue weighted by Crippen LogP contribution is 2.58. The summed E-state index contributed by atoms with van der Waals surface area (Å²) in [5, 5.41) is 30.4. The van der Waals surface area contributed by atoms with Gasteiger partial charge in [-0.3, -0.25) is 0 Å². The van der Waals surface area contributed by atoms with Gasteiger partial charge >= 0.3 is 0 Å². The Labute approximate surface area is 131 Å². The normalized spacial score (nSPS) is 59.8. The molecule has 4 unspecified atom stereocenters. The summed E-state index contributed by atoms with van der Waals surface area (Å²) in [5.41, 5.74) is -0.482. The van der Waals surface area contributed by atoms with Crippen molar-refractivity contribution in [3.05, 3.63) is 24.3 Å². The van der Waals surface area contributed by atoms with Gasteiger partial charge in [-0.25, -0.2) is 0 Å². The van der Waals surface area contributed by atoms with Crippen LogP contribution in [0.3, 0.4) is 0 Å². The highest BCUT2D eigenvalue weighted by atomic mass is 16.5.